The van der Waals surface area contributed by atoms with Gasteiger partial charge in [0.05, 0.1) is 17.8 Å². The van der Waals surface area contributed by atoms with E-state index in [2.05, 4.69) is 27.3 Å². The average molecular weight is 530 g/mol. The minimum Gasteiger partial charge on any atom is -0.344 e. The summed E-state index contributed by atoms with van der Waals surface area (Å²) in [7, 11) is 0. The number of amides is 1. The van der Waals surface area contributed by atoms with Gasteiger partial charge in [0.15, 0.2) is 11.0 Å². The van der Waals surface area contributed by atoms with E-state index < -0.39 is 0 Å². The maximum atomic E-state index is 13.7. The zero-order valence-corrected chi connectivity index (χ0v) is 22.3. The highest BCUT2D eigenvalue weighted by atomic mass is 32.2. The molecule has 196 valence electrons. The first-order valence-electron chi connectivity index (χ1n) is 13.1. The SMILES string of the molecule is CC(c1nnc(SCC(=O)NC(c2ccccc2)c2ccccc2)n1-c1ccc(F)cc1)N1CCCCC1. The van der Waals surface area contributed by atoms with Crippen molar-refractivity contribution in [3.05, 3.63) is 108 Å². The summed E-state index contributed by atoms with van der Waals surface area (Å²) >= 11 is 1.34. The molecule has 1 aliphatic rings. The van der Waals surface area contributed by atoms with Crippen molar-refractivity contribution < 1.29 is 9.18 Å². The summed E-state index contributed by atoms with van der Waals surface area (Å²) < 4.78 is 15.7. The lowest BCUT2D eigenvalue weighted by molar-refractivity contribution is -0.119. The van der Waals surface area contributed by atoms with E-state index in [1.54, 1.807) is 12.1 Å². The first-order chi connectivity index (χ1) is 18.6. The summed E-state index contributed by atoms with van der Waals surface area (Å²) in [4.78, 5) is 15.6. The van der Waals surface area contributed by atoms with Crippen molar-refractivity contribution in [2.75, 3.05) is 18.8 Å². The summed E-state index contributed by atoms with van der Waals surface area (Å²) in [5, 5.41) is 12.8. The maximum absolute atomic E-state index is 13.7. The third-order valence-electron chi connectivity index (χ3n) is 6.96. The highest BCUT2D eigenvalue weighted by molar-refractivity contribution is 7.99. The van der Waals surface area contributed by atoms with Crippen LogP contribution in [-0.4, -0.2) is 44.4 Å². The van der Waals surface area contributed by atoms with Crippen LogP contribution in [0.1, 0.15) is 55.2 Å². The van der Waals surface area contributed by atoms with E-state index in [1.165, 1.54) is 43.2 Å². The van der Waals surface area contributed by atoms with E-state index in [4.69, 9.17) is 0 Å². The Balaban J connectivity index is 1.36. The number of thioether (sulfide) groups is 1. The highest BCUT2D eigenvalue weighted by Crippen LogP contribution is 2.30. The fraction of sp³-hybridized carbons (Fsp3) is 0.300. The van der Waals surface area contributed by atoms with Gasteiger partial charge in [0.2, 0.25) is 5.91 Å². The number of carbonyl (C=O) groups excluding carboxylic acids is 1. The van der Waals surface area contributed by atoms with Crippen LogP contribution in [-0.2, 0) is 4.79 Å². The molecule has 1 saturated heterocycles. The summed E-state index contributed by atoms with van der Waals surface area (Å²) in [5.74, 6) is 0.571. The number of nitrogens with one attached hydrogen (secondary N) is 1. The van der Waals surface area contributed by atoms with Crippen LogP contribution in [0.25, 0.3) is 5.69 Å². The number of nitrogens with zero attached hydrogens (tertiary/aromatic N) is 4. The van der Waals surface area contributed by atoms with Crippen molar-refractivity contribution in [2.45, 2.75) is 43.4 Å². The number of benzene rings is 3. The summed E-state index contributed by atoms with van der Waals surface area (Å²) in [6.07, 6.45) is 3.58. The van der Waals surface area contributed by atoms with Gasteiger partial charge in [-0.15, -0.1) is 10.2 Å². The molecule has 0 bridgehead atoms. The smallest absolute Gasteiger partial charge is 0.231 e. The number of hydrogen-bond acceptors (Lipinski definition) is 5. The first-order valence-corrected chi connectivity index (χ1v) is 14.1. The molecule has 8 heteroatoms. The van der Waals surface area contributed by atoms with Gasteiger partial charge < -0.3 is 5.32 Å². The third-order valence-corrected chi connectivity index (χ3v) is 7.89. The first kappa shape index (κ1) is 26.1. The second-order valence-corrected chi connectivity index (χ2v) is 10.5. The monoisotopic (exact) mass is 529 g/mol. The molecule has 4 aromatic rings. The van der Waals surface area contributed by atoms with Crippen LogP contribution in [0.3, 0.4) is 0 Å². The lowest BCUT2D eigenvalue weighted by Crippen LogP contribution is -2.33. The largest absolute Gasteiger partial charge is 0.344 e. The molecule has 38 heavy (non-hydrogen) atoms. The predicted octanol–water partition coefficient (Wildman–Crippen LogP) is 5.95. The summed E-state index contributed by atoms with van der Waals surface area (Å²) in [5.41, 5.74) is 2.82. The van der Waals surface area contributed by atoms with Gasteiger partial charge in [-0.05, 0) is 68.2 Å². The molecule has 5 rings (SSSR count). The number of carbonyl (C=O) groups is 1. The van der Waals surface area contributed by atoms with Crippen LogP contribution < -0.4 is 5.32 Å². The second kappa shape index (κ2) is 12.4. The minimum absolute atomic E-state index is 0.0524. The van der Waals surface area contributed by atoms with Gasteiger partial charge in [0, 0.05) is 5.69 Å². The number of piperidine rings is 1. The van der Waals surface area contributed by atoms with Crippen molar-refractivity contribution >= 4 is 17.7 Å². The predicted molar refractivity (Wildman–Crippen MR) is 149 cm³/mol. The van der Waals surface area contributed by atoms with E-state index in [1.807, 2.05) is 65.2 Å². The van der Waals surface area contributed by atoms with Gasteiger partial charge in [0.1, 0.15) is 5.82 Å². The Labute approximate surface area is 227 Å². The fourth-order valence-electron chi connectivity index (χ4n) is 4.93. The molecule has 3 aromatic carbocycles. The van der Waals surface area contributed by atoms with Crippen LogP contribution in [0.2, 0.25) is 0 Å². The molecule has 1 amide bonds. The molecule has 0 radical (unpaired) electrons. The maximum Gasteiger partial charge on any atom is 0.231 e. The van der Waals surface area contributed by atoms with Gasteiger partial charge in [-0.2, -0.15) is 0 Å². The van der Waals surface area contributed by atoms with E-state index in [0.29, 0.717) is 5.16 Å². The Hall–Kier alpha value is -3.49. The van der Waals surface area contributed by atoms with Crippen molar-refractivity contribution in [3.8, 4) is 5.69 Å². The fourth-order valence-corrected chi connectivity index (χ4v) is 5.70. The zero-order valence-electron chi connectivity index (χ0n) is 21.5. The topological polar surface area (TPSA) is 63.1 Å². The molecule has 1 N–H and O–H groups in total. The second-order valence-electron chi connectivity index (χ2n) is 9.54. The van der Waals surface area contributed by atoms with E-state index in [0.717, 1.165) is 35.7 Å². The van der Waals surface area contributed by atoms with E-state index in [-0.39, 0.29) is 29.6 Å². The molecule has 1 atom stereocenters. The zero-order chi connectivity index (χ0) is 26.3. The van der Waals surface area contributed by atoms with Gasteiger partial charge in [-0.1, -0.05) is 78.8 Å². The quantitative estimate of drug-likeness (QED) is 0.272. The van der Waals surface area contributed by atoms with Crippen LogP contribution in [0.15, 0.2) is 90.1 Å². The number of likely N-dealkylation sites (tertiary alicyclic amines) is 1. The van der Waals surface area contributed by atoms with E-state index in [9.17, 15) is 9.18 Å². The minimum atomic E-state index is -0.297. The Bertz CT molecular complexity index is 1280. The lowest BCUT2D eigenvalue weighted by atomic mass is 9.99. The molecule has 2 heterocycles. The molecule has 0 aliphatic carbocycles. The van der Waals surface area contributed by atoms with Crippen molar-refractivity contribution in [1.82, 2.24) is 25.0 Å². The molecule has 0 spiro atoms. The highest BCUT2D eigenvalue weighted by Gasteiger charge is 2.26. The van der Waals surface area contributed by atoms with Crippen molar-refractivity contribution in [3.63, 3.8) is 0 Å². The Kier molecular flexibility index (Phi) is 8.51. The molecular weight excluding hydrogens is 497 g/mol. The lowest BCUT2D eigenvalue weighted by Gasteiger charge is -2.31. The average Bonchev–Trinajstić information content (AvgIpc) is 3.40. The Morgan fingerprint density at radius 1 is 0.895 bits per heavy atom. The molecule has 0 saturated carbocycles. The van der Waals surface area contributed by atoms with Crippen molar-refractivity contribution in [2.24, 2.45) is 0 Å². The standard InChI is InChI=1S/C30H32FN5OS/c1-22(35-19-9-4-10-20-35)29-33-34-30(36(29)26-17-15-25(31)16-18-26)38-21-27(37)32-28(23-11-5-2-6-12-23)24-13-7-3-8-14-24/h2-3,5-8,11-18,22,28H,4,9-10,19-21H2,1H3,(H,32,37). The van der Waals surface area contributed by atoms with Gasteiger partial charge >= 0.3 is 0 Å². The molecular formula is C30H32FN5OS. The number of aromatic nitrogens is 3. The summed E-state index contributed by atoms with van der Waals surface area (Å²) in [6, 6.07) is 26.0. The van der Waals surface area contributed by atoms with Gasteiger partial charge in [0.25, 0.3) is 0 Å². The normalized spacial score (nSPS) is 14.9. The number of rotatable bonds is 9. The molecule has 1 aromatic heterocycles. The number of hydrogen-bond donors (Lipinski definition) is 1. The third kappa shape index (κ3) is 6.14. The Morgan fingerprint density at radius 2 is 1.50 bits per heavy atom. The van der Waals surface area contributed by atoms with Crippen molar-refractivity contribution in [1.29, 1.82) is 0 Å². The summed E-state index contributed by atoms with van der Waals surface area (Å²) in [6.45, 7) is 4.17. The van der Waals surface area contributed by atoms with Crippen LogP contribution in [0.4, 0.5) is 4.39 Å². The molecule has 1 unspecified atom stereocenters. The Morgan fingerprint density at radius 3 is 2.11 bits per heavy atom. The molecule has 1 aliphatic heterocycles. The van der Waals surface area contributed by atoms with Crippen LogP contribution >= 0.6 is 11.8 Å². The number of halogens is 1. The van der Waals surface area contributed by atoms with Crippen LogP contribution in [0.5, 0.6) is 0 Å². The molecule has 6 nitrogen and oxygen atoms in total. The van der Waals surface area contributed by atoms with Gasteiger partial charge in [-0.3, -0.25) is 14.3 Å². The van der Waals surface area contributed by atoms with Crippen LogP contribution in [0, 0.1) is 5.82 Å². The van der Waals surface area contributed by atoms with E-state index >= 15 is 0 Å². The van der Waals surface area contributed by atoms with Gasteiger partial charge in [-0.25, -0.2) is 4.39 Å². The molecule has 1 fully saturated rings.